The van der Waals surface area contributed by atoms with Gasteiger partial charge in [0.1, 0.15) is 0 Å². The van der Waals surface area contributed by atoms with Gasteiger partial charge in [-0.25, -0.2) is 4.21 Å². The first-order valence-electron chi connectivity index (χ1n) is 8.48. The van der Waals surface area contributed by atoms with Crippen LogP contribution in [0.2, 0.25) is 0 Å². The van der Waals surface area contributed by atoms with Crippen molar-refractivity contribution in [3.63, 3.8) is 0 Å². The van der Waals surface area contributed by atoms with Gasteiger partial charge in [-0.3, -0.25) is 3.97 Å². The highest BCUT2D eigenvalue weighted by atomic mass is 32.2. The molecule has 3 rings (SSSR count). The summed E-state index contributed by atoms with van der Waals surface area (Å²) in [5.41, 5.74) is 3.19. The molecule has 0 N–H and O–H groups in total. The predicted molar refractivity (Wildman–Crippen MR) is 108 cm³/mol. The second-order valence-corrected chi connectivity index (χ2v) is 7.67. The molecule has 2 heterocycles. The van der Waals surface area contributed by atoms with Crippen molar-refractivity contribution < 1.29 is 4.21 Å². The number of nitrogens with zero attached hydrogens (tertiary/aromatic N) is 3. The number of allylic oxidation sites excluding steroid dienone is 3. The number of likely N-dealkylation sites (N-methyl/N-ethyl adjacent to an activating group) is 1. The maximum atomic E-state index is 13.1. The van der Waals surface area contributed by atoms with Crippen LogP contribution in [0.1, 0.15) is 5.69 Å². The smallest absolute Gasteiger partial charge is 0.157 e. The molecule has 0 saturated carbocycles. The zero-order valence-electron chi connectivity index (χ0n) is 14.9. The van der Waals surface area contributed by atoms with E-state index in [0.29, 0.717) is 4.91 Å². The molecule has 1 aliphatic rings. The van der Waals surface area contributed by atoms with Gasteiger partial charge in [-0.15, -0.1) is 0 Å². The van der Waals surface area contributed by atoms with Crippen LogP contribution in [0, 0.1) is 6.92 Å². The number of aryl methyl sites for hydroxylation is 1. The number of fused-ring (bicyclic) bond motifs is 1. The standard InChI is InChI=1S/C20H25N3OS/c1-5-8-17(6-2)25(24)23-16(3)15-18-19(9-7-10-20(18)23)22-13-11-21(4)12-14-22/h5-10,15H,1-2,11-14H2,3-4H3/b17-8+. The van der Waals surface area contributed by atoms with E-state index in [1.165, 1.54) is 5.69 Å². The SMILES string of the molecule is C=C/C=C(\C=C)S(=O)n1c(C)cc2c(N3CCN(C)CC3)cccc21. The van der Waals surface area contributed by atoms with E-state index in [4.69, 9.17) is 0 Å². The summed E-state index contributed by atoms with van der Waals surface area (Å²) in [6.45, 7) is 13.6. The zero-order valence-corrected chi connectivity index (χ0v) is 15.8. The second-order valence-electron chi connectivity index (χ2n) is 6.34. The summed E-state index contributed by atoms with van der Waals surface area (Å²) in [5.74, 6) is 0. The minimum absolute atomic E-state index is 0.653. The first-order valence-corrected chi connectivity index (χ1v) is 9.59. The molecule has 1 aromatic heterocycles. The topological polar surface area (TPSA) is 28.5 Å². The van der Waals surface area contributed by atoms with Crippen molar-refractivity contribution in [1.82, 2.24) is 8.87 Å². The van der Waals surface area contributed by atoms with Crippen LogP contribution in [0.5, 0.6) is 0 Å². The third-order valence-corrected chi connectivity index (χ3v) is 6.17. The van der Waals surface area contributed by atoms with Crippen LogP contribution in [0.25, 0.3) is 10.9 Å². The minimum atomic E-state index is -1.33. The Kier molecular flexibility index (Phi) is 5.25. The molecule has 1 fully saturated rings. The lowest BCUT2D eigenvalue weighted by Crippen LogP contribution is -2.44. The summed E-state index contributed by atoms with van der Waals surface area (Å²) in [6, 6.07) is 8.38. The van der Waals surface area contributed by atoms with E-state index in [0.717, 1.165) is 42.8 Å². The third-order valence-electron chi connectivity index (χ3n) is 4.65. The molecule has 1 saturated heterocycles. The van der Waals surface area contributed by atoms with Crippen LogP contribution in [-0.2, 0) is 11.0 Å². The highest BCUT2D eigenvalue weighted by molar-refractivity contribution is 7.88. The molecule has 1 aromatic carbocycles. The van der Waals surface area contributed by atoms with E-state index in [1.807, 2.05) is 23.0 Å². The van der Waals surface area contributed by atoms with Crippen molar-refractivity contribution in [2.45, 2.75) is 6.92 Å². The Morgan fingerprint density at radius 1 is 1.20 bits per heavy atom. The number of anilines is 1. The maximum Gasteiger partial charge on any atom is 0.157 e. The fourth-order valence-corrected chi connectivity index (χ4v) is 4.50. The number of hydrogen-bond acceptors (Lipinski definition) is 3. The van der Waals surface area contributed by atoms with Gasteiger partial charge in [-0.05, 0) is 38.2 Å². The van der Waals surface area contributed by atoms with Crippen LogP contribution in [0.4, 0.5) is 5.69 Å². The number of aromatic nitrogens is 1. The molecule has 4 nitrogen and oxygen atoms in total. The molecule has 1 atom stereocenters. The molecule has 0 amide bonds. The first-order chi connectivity index (χ1) is 12.1. The normalized spacial score (nSPS) is 17.7. The Bertz CT molecular complexity index is 857. The van der Waals surface area contributed by atoms with E-state index in [2.05, 4.69) is 42.1 Å². The zero-order chi connectivity index (χ0) is 18.0. The lowest BCUT2D eigenvalue weighted by Gasteiger charge is -2.34. The molecule has 1 aliphatic heterocycles. The van der Waals surface area contributed by atoms with Crippen LogP contribution in [0.3, 0.4) is 0 Å². The fourth-order valence-electron chi connectivity index (χ4n) is 3.29. The molecule has 0 bridgehead atoms. The monoisotopic (exact) mass is 355 g/mol. The minimum Gasteiger partial charge on any atom is -0.368 e. The Hall–Kier alpha value is -2.11. The first kappa shape index (κ1) is 17.7. The van der Waals surface area contributed by atoms with Crippen molar-refractivity contribution in [3.8, 4) is 0 Å². The summed E-state index contributed by atoms with van der Waals surface area (Å²) in [4.78, 5) is 5.42. The average Bonchev–Trinajstić information content (AvgIpc) is 2.95. The van der Waals surface area contributed by atoms with Gasteiger partial charge in [0.15, 0.2) is 11.0 Å². The van der Waals surface area contributed by atoms with Crippen LogP contribution in [-0.4, -0.2) is 46.3 Å². The number of hydrogen-bond donors (Lipinski definition) is 0. The Labute approximate surface area is 152 Å². The summed E-state index contributed by atoms with van der Waals surface area (Å²) in [6.07, 6.45) is 5.03. The van der Waals surface area contributed by atoms with Crippen molar-refractivity contribution in [1.29, 1.82) is 0 Å². The maximum absolute atomic E-state index is 13.1. The van der Waals surface area contributed by atoms with Gasteiger partial charge in [-0.2, -0.15) is 0 Å². The third kappa shape index (κ3) is 3.34. The van der Waals surface area contributed by atoms with Crippen molar-refractivity contribution >= 4 is 27.6 Å². The molecule has 1 unspecified atom stereocenters. The summed E-state index contributed by atoms with van der Waals surface area (Å²) in [7, 11) is 0.824. The summed E-state index contributed by atoms with van der Waals surface area (Å²) >= 11 is 0. The quantitative estimate of drug-likeness (QED) is 0.769. The van der Waals surface area contributed by atoms with Gasteiger partial charge in [0.25, 0.3) is 0 Å². The van der Waals surface area contributed by atoms with Crippen molar-refractivity contribution in [2.24, 2.45) is 0 Å². The van der Waals surface area contributed by atoms with Gasteiger partial charge in [0, 0.05) is 42.9 Å². The van der Waals surface area contributed by atoms with Gasteiger partial charge in [-0.1, -0.05) is 31.4 Å². The van der Waals surface area contributed by atoms with E-state index in [-0.39, 0.29) is 0 Å². The van der Waals surface area contributed by atoms with E-state index < -0.39 is 11.0 Å². The fraction of sp³-hybridized carbons (Fsp3) is 0.300. The molecule has 2 aromatic rings. The van der Waals surface area contributed by atoms with Gasteiger partial charge in [0.05, 0.1) is 10.4 Å². The van der Waals surface area contributed by atoms with Crippen LogP contribution < -0.4 is 4.90 Å². The number of benzene rings is 1. The average molecular weight is 356 g/mol. The lowest BCUT2D eigenvalue weighted by molar-refractivity contribution is 0.313. The highest BCUT2D eigenvalue weighted by Gasteiger charge is 2.20. The number of rotatable bonds is 5. The molecular weight excluding hydrogens is 330 g/mol. The molecule has 0 radical (unpaired) electrons. The van der Waals surface area contributed by atoms with Crippen molar-refractivity contribution in [2.75, 3.05) is 38.1 Å². The summed E-state index contributed by atoms with van der Waals surface area (Å²) in [5, 5.41) is 1.15. The molecule has 0 aliphatic carbocycles. The van der Waals surface area contributed by atoms with E-state index in [9.17, 15) is 4.21 Å². The molecule has 132 valence electrons. The molecule has 25 heavy (non-hydrogen) atoms. The van der Waals surface area contributed by atoms with Gasteiger partial charge >= 0.3 is 0 Å². The summed E-state index contributed by atoms with van der Waals surface area (Å²) < 4.78 is 14.9. The highest BCUT2D eigenvalue weighted by Crippen LogP contribution is 2.31. The predicted octanol–water partition coefficient (Wildman–Crippen LogP) is 3.47. The van der Waals surface area contributed by atoms with E-state index >= 15 is 0 Å². The lowest BCUT2D eigenvalue weighted by atomic mass is 10.1. The van der Waals surface area contributed by atoms with Crippen molar-refractivity contribution in [3.05, 3.63) is 66.3 Å². The molecule has 0 spiro atoms. The largest absolute Gasteiger partial charge is 0.368 e. The van der Waals surface area contributed by atoms with Crippen LogP contribution in [0.15, 0.2) is 60.6 Å². The Balaban J connectivity index is 2.08. The second kappa shape index (κ2) is 7.42. The van der Waals surface area contributed by atoms with E-state index in [1.54, 1.807) is 18.2 Å². The van der Waals surface area contributed by atoms with Gasteiger partial charge < -0.3 is 9.80 Å². The number of piperazine rings is 1. The molecule has 5 heteroatoms. The van der Waals surface area contributed by atoms with Crippen LogP contribution >= 0.6 is 0 Å². The Morgan fingerprint density at radius 3 is 2.56 bits per heavy atom. The molecular formula is C20H25N3OS. The van der Waals surface area contributed by atoms with Gasteiger partial charge in [0.2, 0.25) is 0 Å². The Morgan fingerprint density at radius 2 is 1.92 bits per heavy atom.